The fraction of sp³-hybridized carbons (Fsp3) is 0.537. The van der Waals surface area contributed by atoms with Crippen LogP contribution in [-0.2, 0) is 49.6 Å². The van der Waals surface area contributed by atoms with Gasteiger partial charge in [-0.25, -0.2) is 0 Å². The van der Waals surface area contributed by atoms with E-state index in [4.69, 9.17) is 36.3 Å². The topological polar surface area (TPSA) is 490 Å². The first-order valence-electron chi connectivity index (χ1n) is 39.5. The lowest BCUT2D eigenvalue weighted by atomic mass is 9.54. The fourth-order valence-electron chi connectivity index (χ4n) is 17.4. The molecule has 0 unspecified atom stereocenters. The Morgan fingerprint density at radius 3 is 1.89 bits per heavy atom. The van der Waals surface area contributed by atoms with Gasteiger partial charge in [-0.15, -0.1) is 0 Å². The van der Waals surface area contributed by atoms with Crippen molar-refractivity contribution >= 4 is 58.9 Å². The van der Waals surface area contributed by atoms with E-state index in [-0.39, 0.29) is 103 Å². The second-order valence-corrected chi connectivity index (χ2v) is 32.3. The first-order chi connectivity index (χ1) is 54.5. The van der Waals surface area contributed by atoms with Gasteiger partial charge < -0.3 is 118 Å². The van der Waals surface area contributed by atoms with E-state index in [0.717, 1.165) is 95.2 Å². The molecule has 616 valence electrons. The second kappa shape index (κ2) is 36.6. The van der Waals surface area contributed by atoms with Gasteiger partial charge in [0, 0.05) is 23.7 Å². The number of amides is 8. The van der Waals surface area contributed by atoms with Crippen LogP contribution in [0.4, 0.5) is 0 Å². The largest absolute Gasteiger partial charge is 0.507 e. The highest BCUT2D eigenvalue weighted by Gasteiger charge is 2.51. The number of hydrogen-bond donors (Lipinski definition) is 19. The van der Waals surface area contributed by atoms with Crippen LogP contribution in [0.25, 0.3) is 11.1 Å². The number of carbonyl (C=O) groups excluding carboxylic acids is 8. The van der Waals surface area contributed by atoms with Crippen LogP contribution in [0.2, 0.25) is 5.02 Å². The van der Waals surface area contributed by atoms with Crippen molar-refractivity contribution in [1.29, 1.82) is 0 Å². The van der Waals surface area contributed by atoms with Crippen molar-refractivity contribution in [2.75, 3.05) is 20.2 Å². The van der Waals surface area contributed by atoms with Crippen molar-refractivity contribution in [3.8, 4) is 57.1 Å². The molecule has 114 heavy (non-hydrogen) atoms. The lowest BCUT2D eigenvalue weighted by Gasteiger charge is -2.54. The highest BCUT2D eigenvalue weighted by Crippen LogP contribution is 2.55. The monoisotopic (exact) mass is 1600 g/mol. The molecular weight excluding hydrogens is 1500 g/mol. The van der Waals surface area contributed by atoms with E-state index in [2.05, 4.69) is 54.8 Å². The summed E-state index contributed by atoms with van der Waals surface area (Å²) in [7, 11) is 1.51. The van der Waals surface area contributed by atoms with Crippen LogP contribution in [-0.4, -0.2) is 174 Å². The predicted molar refractivity (Wildman–Crippen MR) is 413 cm³/mol. The normalized spacial score (nSPS) is 28.2. The van der Waals surface area contributed by atoms with Gasteiger partial charge in [-0.05, 0) is 183 Å². The predicted octanol–water partition coefficient (Wildman–Crippen LogP) is 5.00. The van der Waals surface area contributed by atoms with Gasteiger partial charge in [0.1, 0.15) is 102 Å². The number of halogens is 1. The molecule has 0 spiro atoms. The number of fused-ring (bicyclic) bond motifs is 15. The molecule has 4 saturated carbocycles. The number of benzene rings is 5. The third kappa shape index (κ3) is 18.6. The van der Waals surface area contributed by atoms with Crippen LogP contribution in [0, 0.1) is 36.5 Å². The van der Waals surface area contributed by atoms with E-state index in [9.17, 15) is 60.3 Å². The summed E-state index contributed by atoms with van der Waals surface area (Å²) in [5.41, 5.74) is 4.27. The smallest absolute Gasteiger partial charge is 0.248 e. The molecular formula is C82H105ClN10O21. The molecule has 4 aliphatic carbocycles. The minimum absolute atomic E-state index is 0.00318. The molecule has 0 aromatic heterocycles. The highest BCUT2D eigenvalue weighted by atomic mass is 35.5. The number of aryl methyl sites for hydroxylation is 1. The number of phenolic OH excluding ortho intramolecular Hbond substituents is 3. The van der Waals surface area contributed by atoms with Crippen molar-refractivity contribution in [1.82, 2.24) is 47.9 Å². The van der Waals surface area contributed by atoms with Gasteiger partial charge in [0.2, 0.25) is 59.3 Å². The molecule has 20 N–H and O–H groups in total. The minimum Gasteiger partial charge on any atom is -0.507 e. The lowest BCUT2D eigenvalue weighted by Crippen LogP contribution is -2.60. The number of nitrogens with one attached hydrogen (secondary N) is 9. The van der Waals surface area contributed by atoms with Gasteiger partial charge in [-0.1, -0.05) is 102 Å². The lowest BCUT2D eigenvalue weighted by molar-refractivity contribution is -0.277. The molecule has 32 heteroatoms. The van der Waals surface area contributed by atoms with Gasteiger partial charge in [0.05, 0.1) is 29.7 Å². The Hall–Kier alpha value is -9.41. The van der Waals surface area contributed by atoms with E-state index in [0.29, 0.717) is 18.4 Å². The third-order valence-corrected chi connectivity index (χ3v) is 23.5. The van der Waals surface area contributed by atoms with Gasteiger partial charge in [-0.2, -0.15) is 0 Å². The van der Waals surface area contributed by atoms with Crippen molar-refractivity contribution in [3.63, 3.8) is 0 Å². The molecule has 6 heterocycles. The maximum atomic E-state index is 16.3. The molecule has 10 aliphatic rings. The number of rotatable bonds is 24. The SMILES string of the molecule is CCCCCCCCCCCNCc1c(O)cc2c(c1O)-c1cc(ccc1O)[C@H]1NC(=O)[C@@H]3NC(=O)[C@H](CC(N)=O)NC(=O)[C@H](NC(=O)[C@@H](CC(C)C)NC)[C@H](O)c4ccc(c(C)c4)Oc4cc3cc(c4O[C@@H]3O[C@H](CO)[C@@H](O)[C@H](O)[C@H]3O)Oc3ccc(cc3Cl)[C@@H](O)[C@H](NC1=O)C(=O)N[C@@H]2C(=O)NC1C2CC3CC(C2)CC1C3. The first-order valence-corrected chi connectivity index (χ1v) is 39.9. The zero-order valence-corrected chi connectivity index (χ0v) is 65.0. The summed E-state index contributed by atoms with van der Waals surface area (Å²) in [6.45, 7) is 6.77. The number of carbonyl (C=O) groups is 8. The number of nitrogens with two attached hydrogens (primary N) is 1. The number of phenols is 3. The number of aliphatic hydroxyl groups excluding tert-OH is 6. The average Bonchev–Trinajstić information content (AvgIpc) is 0.753. The van der Waals surface area contributed by atoms with Crippen LogP contribution in [0.5, 0.6) is 46.0 Å². The second-order valence-electron chi connectivity index (χ2n) is 31.9. The molecule has 31 nitrogen and oxygen atoms in total. The molecule has 15 bridgehead atoms. The molecule has 5 fully saturated rings. The quantitative estimate of drug-likeness (QED) is 0.0361. The van der Waals surface area contributed by atoms with Crippen LogP contribution < -0.4 is 67.8 Å². The Morgan fingerprint density at radius 2 is 1.25 bits per heavy atom. The molecule has 15 rings (SSSR count). The number of hydrogen-bond acceptors (Lipinski definition) is 23. The first kappa shape index (κ1) is 84.0. The van der Waals surface area contributed by atoms with Crippen molar-refractivity contribution in [2.45, 2.75) is 228 Å². The summed E-state index contributed by atoms with van der Waals surface area (Å²) in [5, 5.41) is 132. The van der Waals surface area contributed by atoms with E-state index in [1.54, 1.807) is 0 Å². The fourth-order valence-corrected chi connectivity index (χ4v) is 17.6. The maximum absolute atomic E-state index is 16.3. The van der Waals surface area contributed by atoms with Gasteiger partial charge in [-0.3, -0.25) is 38.4 Å². The molecule has 6 aliphatic heterocycles. The van der Waals surface area contributed by atoms with E-state index in [1.807, 2.05) is 13.8 Å². The number of primary amides is 1. The zero-order chi connectivity index (χ0) is 81.7. The zero-order valence-electron chi connectivity index (χ0n) is 64.3. The van der Waals surface area contributed by atoms with E-state index in [1.165, 1.54) is 81.4 Å². The van der Waals surface area contributed by atoms with Crippen LogP contribution in [0.1, 0.15) is 193 Å². The summed E-state index contributed by atoms with van der Waals surface area (Å²) in [6.07, 6.45) is -0.540. The van der Waals surface area contributed by atoms with Crippen molar-refractivity contribution in [2.24, 2.45) is 35.3 Å². The third-order valence-electron chi connectivity index (χ3n) is 23.2. The molecule has 8 amide bonds. The number of likely N-dealkylation sites (N-methyl/N-ethyl adjacent to an activating group) is 1. The Balaban J connectivity index is 1.04. The number of ether oxygens (including phenoxy) is 4. The molecule has 5 aromatic carbocycles. The van der Waals surface area contributed by atoms with E-state index < -0.39 is 180 Å². The van der Waals surface area contributed by atoms with Gasteiger partial charge >= 0.3 is 0 Å². The summed E-state index contributed by atoms with van der Waals surface area (Å²) >= 11 is 7.19. The maximum Gasteiger partial charge on any atom is 0.248 e. The molecule has 14 atom stereocenters. The summed E-state index contributed by atoms with van der Waals surface area (Å²) < 4.78 is 25.6. The Morgan fingerprint density at radius 1 is 0.640 bits per heavy atom. The highest BCUT2D eigenvalue weighted by molar-refractivity contribution is 6.32. The molecule has 0 radical (unpaired) electrons. The summed E-state index contributed by atoms with van der Waals surface area (Å²) in [4.78, 5) is 122. The average molecular weight is 1600 g/mol. The molecule has 1 saturated heterocycles. The Labute approximate surface area is 664 Å². The van der Waals surface area contributed by atoms with Gasteiger partial charge in [0.15, 0.2) is 11.5 Å². The van der Waals surface area contributed by atoms with Crippen LogP contribution in [0.3, 0.4) is 0 Å². The molecule has 5 aromatic rings. The summed E-state index contributed by atoms with van der Waals surface area (Å²) in [6, 6.07) is 0.816. The van der Waals surface area contributed by atoms with E-state index >= 15 is 24.0 Å². The Kier molecular flexibility index (Phi) is 27.0. The van der Waals surface area contributed by atoms with Crippen LogP contribution >= 0.6 is 11.6 Å². The van der Waals surface area contributed by atoms with Crippen molar-refractivity contribution in [3.05, 3.63) is 117 Å². The number of unbranched alkanes of at least 4 members (excludes halogenated alkanes) is 8. The number of aliphatic hydroxyl groups is 6. The minimum atomic E-state index is -2.27. The van der Waals surface area contributed by atoms with Gasteiger partial charge in [0.25, 0.3) is 0 Å². The standard InChI is InChI=1S/C82H105ClN10O21/c1-6-7-8-9-10-11-12-13-14-21-86-35-49-54(96)33-48-61(70(49)100)47-29-41(15-18-53(47)95)63-77(106)93-67(81(110)91-65(48)79(108)88-62-44-25-39-24-40(27-44)28-45(62)26-39)69(99)43-17-20-56(50(83)30-43)112-58-32-46-31-57(74(58)114-82-73(103)72(102)71(101)59(36-94)113-82)111-55-19-16-42(23-38(55)4)68(98)66(92-75(104)51(85-5)22-37(2)3)80(109)87-52(34-60(84)97)76(105)89-64(46)78(107)90-63/h15-20,23,29-33,37,39-40,44-45,51-52,59,62-69,71-73,82,85-86,94-96,98-103H,6-14,21-22,24-28,34-36H2,1-5H3,(H2,84,97)(H,87,109)(H,88,108)(H,89,105)(H,90,107)(H,91,110)(H,92,104)(H,93,106)/t39?,40?,44?,45?,51-,52+,59-,62?,63-,64-,65+,66-,67+,68-,69-,71-,72+,73-,82+/m1/s1. The van der Waals surface area contributed by atoms with Crippen LogP contribution in [0.15, 0.2) is 72.8 Å². The summed E-state index contributed by atoms with van der Waals surface area (Å²) in [5.74, 6) is -12.0. The Bertz CT molecular complexity index is 4390. The van der Waals surface area contributed by atoms with Crippen molar-refractivity contribution < 1.29 is 103 Å². The number of aromatic hydroxyl groups is 3.